The van der Waals surface area contributed by atoms with Crippen LogP contribution >= 0.6 is 11.6 Å². The monoisotopic (exact) mass is 217 g/mol. The van der Waals surface area contributed by atoms with Crippen LogP contribution in [0.15, 0.2) is 0 Å². The van der Waals surface area contributed by atoms with Crippen LogP contribution in [0, 0.1) is 0 Å². The molecule has 1 aliphatic heterocycles. The van der Waals surface area contributed by atoms with E-state index in [9.17, 15) is 9.90 Å². The molecule has 1 amide bonds. The second kappa shape index (κ2) is 3.70. The van der Waals surface area contributed by atoms with E-state index in [2.05, 4.69) is 0 Å². The van der Waals surface area contributed by atoms with Crippen molar-refractivity contribution in [2.45, 2.75) is 43.1 Å². The highest BCUT2D eigenvalue weighted by molar-refractivity contribution is 6.22. The lowest BCUT2D eigenvalue weighted by molar-refractivity contribution is -0.130. The molecular formula is C10H16ClNO2. The van der Waals surface area contributed by atoms with Gasteiger partial charge in [-0.2, -0.15) is 0 Å². The second-order valence-corrected chi connectivity index (χ2v) is 5.12. The summed E-state index contributed by atoms with van der Waals surface area (Å²) in [4.78, 5) is 13.2. The Morgan fingerprint density at radius 3 is 2.64 bits per heavy atom. The van der Waals surface area contributed by atoms with Gasteiger partial charge in [0.1, 0.15) is 0 Å². The van der Waals surface area contributed by atoms with Gasteiger partial charge in [-0.3, -0.25) is 4.79 Å². The second-order valence-electron chi connectivity index (χ2n) is 4.51. The van der Waals surface area contributed by atoms with Gasteiger partial charge in [-0.05, 0) is 12.8 Å². The fourth-order valence-electron chi connectivity index (χ4n) is 2.42. The summed E-state index contributed by atoms with van der Waals surface area (Å²) in [5.74, 6) is 0.0883. The number of alkyl halides is 1. The molecule has 1 heterocycles. The van der Waals surface area contributed by atoms with Crippen molar-refractivity contribution in [3.05, 3.63) is 0 Å². The smallest absolute Gasteiger partial charge is 0.224 e. The third-order valence-corrected chi connectivity index (χ3v) is 3.48. The fraction of sp³-hybridized carbons (Fsp3) is 0.900. The van der Waals surface area contributed by atoms with Crippen molar-refractivity contribution in [3.63, 3.8) is 0 Å². The molecule has 1 atom stereocenters. The predicted molar refractivity (Wildman–Crippen MR) is 54.3 cm³/mol. The highest BCUT2D eigenvalue weighted by atomic mass is 35.5. The Balaban J connectivity index is 1.93. The van der Waals surface area contributed by atoms with E-state index in [-0.39, 0.29) is 11.3 Å². The molecule has 2 fully saturated rings. The Hall–Kier alpha value is -0.280. The van der Waals surface area contributed by atoms with E-state index < -0.39 is 5.60 Å². The van der Waals surface area contributed by atoms with Gasteiger partial charge in [0.2, 0.25) is 5.91 Å². The molecule has 0 aromatic rings. The summed E-state index contributed by atoms with van der Waals surface area (Å²) in [6, 6.07) is 0. The van der Waals surface area contributed by atoms with Crippen molar-refractivity contribution < 1.29 is 9.90 Å². The van der Waals surface area contributed by atoms with Crippen molar-refractivity contribution in [3.8, 4) is 0 Å². The molecule has 1 saturated carbocycles. The lowest BCUT2D eigenvalue weighted by Crippen LogP contribution is -2.41. The molecule has 80 valence electrons. The number of carbonyl (C=O) groups excluding carboxylic acids is 1. The SMILES string of the molecule is O=C1CC(Cl)CN1CC1(O)CCCC1. The zero-order valence-electron chi connectivity index (χ0n) is 8.21. The Morgan fingerprint density at radius 2 is 2.14 bits per heavy atom. The first-order valence-electron chi connectivity index (χ1n) is 5.23. The fourth-order valence-corrected chi connectivity index (χ4v) is 2.72. The lowest BCUT2D eigenvalue weighted by Gasteiger charge is -2.28. The largest absolute Gasteiger partial charge is 0.388 e. The van der Waals surface area contributed by atoms with Gasteiger partial charge >= 0.3 is 0 Å². The minimum absolute atomic E-state index is 0.0625. The molecule has 0 bridgehead atoms. The third kappa shape index (κ3) is 2.04. The maximum absolute atomic E-state index is 11.4. The summed E-state index contributed by atoms with van der Waals surface area (Å²) in [7, 11) is 0. The molecule has 4 heteroatoms. The van der Waals surface area contributed by atoms with Gasteiger partial charge in [0, 0.05) is 19.5 Å². The average Bonchev–Trinajstić information content (AvgIpc) is 2.61. The van der Waals surface area contributed by atoms with Gasteiger partial charge in [-0.25, -0.2) is 0 Å². The van der Waals surface area contributed by atoms with Crippen LogP contribution < -0.4 is 0 Å². The number of aliphatic hydroxyl groups is 1. The maximum Gasteiger partial charge on any atom is 0.224 e. The number of halogens is 1. The molecule has 2 rings (SSSR count). The van der Waals surface area contributed by atoms with Gasteiger partial charge in [-0.15, -0.1) is 11.6 Å². The van der Waals surface area contributed by atoms with Crippen molar-refractivity contribution in [2.75, 3.05) is 13.1 Å². The van der Waals surface area contributed by atoms with E-state index in [1.807, 2.05) is 0 Å². The Labute approximate surface area is 89.0 Å². The zero-order chi connectivity index (χ0) is 10.2. The van der Waals surface area contributed by atoms with Crippen molar-refractivity contribution in [1.82, 2.24) is 4.90 Å². The standard InChI is InChI=1S/C10H16ClNO2/c11-8-5-9(13)12(6-8)7-10(14)3-1-2-4-10/h8,14H,1-7H2. The van der Waals surface area contributed by atoms with E-state index in [0.717, 1.165) is 25.7 Å². The van der Waals surface area contributed by atoms with Crippen LogP contribution in [0.25, 0.3) is 0 Å². The Kier molecular flexibility index (Phi) is 2.71. The summed E-state index contributed by atoms with van der Waals surface area (Å²) in [6.45, 7) is 1.08. The van der Waals surface area contributed by atoms with Gasteiger partial charge in [0.05, 0.1) is 11.0 Å². The molecule has 1 saturated heterocycles. The van der Waals surface area contributed by atoms with Crippen molar-refractivity contribution >= 4 is 17.5 Å². The van der Waals surface area contributed by atoms with Crippen LogP contribution in [-0.2, 0) is 4.79 Å². The molecule has 1 N–H and O–H groups in total. The first-order chi connectivity index (χ1) is 6.59. The Morgan fingerprint density at radius 1 is 1.50 bits per heavy atom. The molecule has 0 radical (unpaired) electrons. The summed E-state index contributed by atoms with van der Waals surface area (Å²) < 4.78 is 0. The first kappa shape index (κ1) is 10.2. The number of nitrogens with zero attached hydrogens (tertiary/aromatic N) is 1. The number of carbonyl (C=O) groups is 1. The molecule has 0 aromatic heterocycles. The quantitative estimate of drug-likeness (QED) is 0.705. The number of likely N-dealkylation sites (tertiary alicyclic amines) is 1. The summed E-state index contributed by atoms with van der Waals surface area (Å²) in [6.07, 6.45) is 4.22. The molecule has 1 aliphatic carbocycles. The van der Waals surface area contributed by atoms with Gasteiger partial charge in [0.25, 0.3) is 0 Å². The van der Waals surface area contributed by atoms with Crippen LogP contribution in [-0.4, -0.2) is 40.0 Å². The average molecular weight is 218 g/mol. The number of amides is 1. The Bertz CT molecular complexity index is 238. The molecule has 0 spiro atoms. The lowest BCUT2D eigenvalue weighted by atomic mass is 10.0. The molecular weight excluding hydrogens is 202 g/mol. The van der Waals surface area contributed by atoms with E-state index >= 15 is 0 Å². The van der Waals surface area contributed by atoms with Crippen LogP contribution in [0.3, 0.4) is 0 Å². The number of rotatable bonds is 2. The molecule has 2 aliphatic rings. The van der Waals surface area contributed by atoms with E-state index in [1.165, 1.54) is 0 Å². The highest BCUT2D eigenvalue weighted by Gasteiger charge is 2.37. The minimum atomic E-state index is -0.628. The molecule has 1 unspecified atom stereocenters. The molecule has 3 nitrogen and oxygen atoms in total. The number of β-amino-alcohol motifs (C(OH)–C–C–N with tert-alkyl or cyclic N) is 1. The van der Waals surface area contributed by atoms with Gasteiger partial charge in [-0.1, -0.05) is 12.8 Å². The van der Waals surface area contributed by atoms with Gasteiger partial charge in [0.15, 0.2) is 0 Å². The zero-order valence-corrected chi connectivity index (χ0v) is 8.96. The topological polar surface area (TPSA) is 40.5 Å². The van der Waals surface area contributed by atoms with Crippen LogP contribution in [0.4, 0.5) is 0 Å². The summed E-state index contributed by atoms with van der Waals surface area (Å²) in [5.41, 5.74) is -0.628. The minimum Gasteiger partial charge on any atom is -0.388 e. The highest BCUT2D eigenvalue weighted by Crippen LogP contribution is 2.31. The van der Waals surface area contributed by atoms with Crippen LogP contribution in [0.2, 0.25) is 0 Å². The van der Waals surface area contributed by atoms with Gasteiger partial charge < -0.3 is 10.0 Å². The van der Waals surface area contributed by atoms with Crippen molar-refractivity contribution in [1.29, 1.82) is 0 Å². The normalized spacial score (nSPS) is 31.4. The summed E-state index contributed by atoms with van der Waals surface area (Å²) in [5, 5.41) is 10.1. The number of hydrogen-bond acceptors (Lipinski definition) is 2. The predicted octanol–water partition coefficient (Wildman–Crippen LogP) is 1.13. The van der Waals surface area contributed by atoms with Crippen LogP contribution in [0.5, 0.6) is 0 Å². The number of hydrogen-bond donors (Lipinski definition) is 1. The van der Waals surface area contributed by atoms with Crippen molar-refractivity contribution in [2.24, 2.45) is 0 Å². The molecule has 14 heavy (non-hydrogen) atoms. The van der Waals surface area contributed by atoms with E-state index in [0.29, 0.717) is 19.5 Å². The molecule has 0 aromatic carbocycles. The maximum atomic E-state index is 11.4. The van der Waals surface area contributed by atoms with Crippen LogP contribution in [0.1, 0.15) is 32.1 Å². The third-order valence-electron chi connectivity index (χ3n) is 3.19. The first-order valence-corrected chi connectivity index (χ1v) is 5.67. The van der Waals surface area contributed by atoms with E-state index in [1.54, 1.807) is 4.90 Å². The summed E-state index contributed by atoms with van der Waals surface area (Å²) >= 11 is 5.89. The van der Waals surface area contributed by atoms with E-state index in [4.69, 9.17) is 11.6 Å².